The van der Waals surface area contributed by atoms with Crippen LogP contribution in [0.3, 0.4) is 0 Å². The summed E-state index contributed by atoms with van der Waals surface area (Å²) in [5, 5.41) is 2.27. The average molecular weight is 282 g/mol. The van der Waals surface area contributed by atoms with Crippen molar-refractivity contribution < 1.29 is 22.0 Å². The summed E-state index contributed by atoms with van der Waals surface area (Å²) >= 11 is 0. The first-order chi connectivity index (χ1) is 8.93. The van der Waals surface area contributed by atoms with E-state index >= 15 is 0 Å². The fourth-order valence-corrected chi connectivity index (χ4v) is 1.69. The molecule has 0 aliphatic carbocycles. The van der Waals surface area contributed by atoms with Gasteiger partial charge in [-0.25, -0.2) is 22.0 Å². The predicted octanol–water partition coefficient (Wildman–Crippen LogP) is 3.17. The van der Waals surface area contributed by atoms with Crippen LogP contribution in [0.5, 0.6) is 0 Å². The van der Waals surface area contributed by atoms with E-state index in [1.807, 2.05) is 6.92 Å². The van der Waals surface area contributed by atoms with Crippen molar-refractivity contribution in [2.75, 3.05) is 18.4 Å². The van der Waals surface area contributed by atoms with Crippen LogP contribution < -0.4 is 11.1 Å². The molecule has 19 heavy (non-hydrogen) atoms. The van der Waals surface area contributed by atoms with Gasteiger partial charge in [0.1, 0.15) is 5.69 Å². The van der Waals surface area contributed by atoms with E-state index < -0.39 is 34.8 Å². The Hall–Kier alpha value is -1.37. The van der Waals surface area contributed by atoms with E-state index in [9.17, 15) is 22.0 Å². The maximum atomic E-state index is 13.3. The smallest absolute Gasteiger partial charge is 0.200 e. The summed E-state index contributed by atoms with van der Waals surface area (Å²) in [7, 11) is 0. The molecule has 1 aromatic rings. The summed E-state index contributed by atoms with van der Waals surface area (Å²) in [6.45, 7) is 2.32. The Balaban J connectivity index is 2.95. The summed E-state index contributed by atoms with van der Waals surface area (Å²) in [6.07, 6.45) is 1.28. The lowest BCUT2D eigenvalue weighted by atomic mass is 10.0. The molecule has 0 saturated carbocycles. The minimum absolute atomic E-state index is 0.0000227. The molecule has 0 amide bonds. The standard InChI is InChI=1S/C12H15F5N2/c1-2-6(3-4-18)5-19-12-10(16)8(14)7(13)9(15)11(12)17/h6,19H,2-5,18H2,1H3. The Labute approximate surface area is 107 Å². The van der Waals surface area contributed by atoms with Crippen molar-refractivity contribution in [1.29, 1.82) is 0 Å². The average Bonchev–Trinajstić information content (AvgIpc) is 2.41. The van der Waals surface area contributed by atoms with Crippen LogP contribution in [0.15, 0.2) is 0 Å². The van der Waals surface area contributed by atoms with Crippen molar-refractivity contribution in [2.24, 2.45) is 11.7 Å². The third-order valence-corrected chi connectivity index (χ3v) is 2.93. The van der Waals surface area contributed by atoms with Crippen LogP contribution in [0.4, 0.5) is 27.6 Å². The number of halogens is 5. The van der Waals surface area contributed by atoms with Gasteiger partial charge in [0.05, 0.1) is 0 Å². The van der Waals surface area contributed by atoms with Gasteiger partial charge in [0.15, 0.2) is 23.3 Å². The maximum Gasteiger partial charge on any atom is 0.200 e. The second kappa shape index (κ2) is 6.70. The molecular formula is C12H15F5N2. The fourth-order valence-electron chi connectivity index (χ4n) is 1.69. The predicted molar refractivity (Wildman–Crippen MR) is 62.2 cm³/mol. The molecule has 0 aliphatic rings. The molecule has 0 aliphatic heterocycles. The maximum absolute atomic E-state index is 13.3. The van der Waals surface area contributed by atoms with Gasteiger partial charge >= 0.3 is 0 Å². The normalized spacial score (nSPS) is 12.6. The molecule has 1 aromatic carbocycles. The van der Waals surface area contributed by atoms with Gasteiger partial charge in [-0.15, -0.1) is 0 Å². The number of nitrogens with two attached hydrogens (primary N) is 1. The lowest BCUT2D eigenvalue weighted by Crippen LogP contribution is -2.19. The van der Waals surface area contributed by atoms with Crippen LogP contribution in [-0.4, -0.2) is 13.1 Å². The van der Waals surface area contributed by atoms with E-state index in [2.05, 4.69) is 5.32 Å². The van der Waals surface area contributed by atoms with Crippen molar-refractivity contribution in [2.45, 2.75) is 19.8 Å². The van der Waals surface area contributed by atoms with Gasteiger partial charge < -0.3 is 11.1 Å². The number of rotatable bonds is 6. The molecule has 2 nitrogen and oxygen atoms in total. The Kier molecular flexibility index (Phi) is 5.53. The second-order valence-electron chi connectivity index (χ2n) is 4.18. The van der Waals surface area contributed by atoms with Crippen molar-refractivity contribution in [1.82, 2.24) is 0 Å². The lowest BCUT2D eigenvalue weighted by molar-refractivity contribution is 0.380. The van der Waals surface area contributed by atoms with Crippen molar-refractivity contribution in [3.8, 4) is 0 Å². The zero-order chi connectivity index (χ0) is 14.6. The highest BCUT2D eigenvalue weighted by Crippen LogP contribution is 2.27. The van der Waals surface area contributed by atoms with E-state index in [0.717, 1.165) is 0 Å². The van der Waals surface area contributed by atoms with Gasteiger partial charge in [0.25, 0.3) is 0 Å². The van der Waals surface area contributed by atoms with E-state index in [-0.39, 0.29) is 12.5 Å². The number of benzene rings is 1. The highest BCUT2D eigenvalue weighted by molar-refractivity contribution is 5.47. The van der Waals surface area contributed by atoms with Crippen molar-refractivity contribution in [3.63, 3.8) is 0 Å². The third kappa shape index (κ3) is 3.34. The quantitative estimate of drug-likeness (QED) is 0.478. The topological polar surface area (TPSA) is 38.0 Å². The van der Waals surface area contributed by atoms with Crippen LogP contribution in [-0.2, 0) is 0 Å². The van der Waals surface area contributed by atoms with E-state index in [1.54, 1.807) is 0 Å². The van der Waals surface area contributed by atoms with Crippen LogP contribution in [0, 0.1) is 35.0 Å². The molecule has 0 radical (unpaired) electrons. The van der Waals surface area contributed by atoms with Crippen LogP contribution >= 0.6 is 0 Å². The van der Waals surface area contributed by atoms with Crippen molar-refractivity contribution in [3.05, 3.63) is 29.1 Å². The molecular weight excluding hydrogens is 267 g/mol. The first kappa shape index (κ1) is 15.7. The molecule has 0 saturated heterocycles. The highest BCUT2D eigenvalue weighted by Gasteiger charge is 2.25. The van der Waals surface area contributed by atoms with Gasteiger partial charge in [-0.2, -0.15) is 0 Å². The van der Waals surface area contributed by atoms with Gasteiger partial charge in [0.2, 0.25) is 5.82 Å². The SMILES string of the molecule is CCC(CCN)CNc1c(F)c(F)c(F)c(F)c1F. The van der Waals surface area contributed by atoms with E-state index in [0.29, 0.717) is 19.4 Å². The number of anilines is 1. The second-order valence-corrected chi connectivity index (χ2v) is 4.18. The molecule has 3 N–H and O–H groups in total. The van der Waals surface area contributed by atoms with Crippen LogP contribution in [0.2, 0.25) is 0 Å². The minimum Gasteiger partial charge on any atom is -0.380 e. The molecule has 0 bridgehead atoms. The van der Waals surface area contributed by atoms with E-state index in [4.69, 9.17) is 5.73 Å². The Morgan fingerprint density at radius 2 is 1.42 bits per heavy atom. The van der Waals surface area contributed by atoms with Gasteiger partial charge in [-0.1, -0.05) is 13.3 Å². The number of nitrogens with one attached hydrogen (secondary N) is 1. The molecule has 7 heteroatoms. The minimum atomic E-state index is -2.16. The van der Waals surface area contributed by atoms with Gasteiger partial charge in [0, 0.05) is 6.54 Å². The highest BCUT2D eigenvalue weighted by atomic mass is 19.2. The van der Waals surface area contributed by atoms with Crippen LogP contribution in [0.25, 0.3) is 0 Å². The zero-order valence-corrected chi connectivity index (χ0v) is 10.4. The molecule has 0 fully saturated rings. The summed E-state index contributed by atoms with van der Waals surface area (Å²) in [4.78, 5) is 0. The van der Waals surface area contributed by atoms with Gasteiger partial charge in [-0.3, -0.25) is 0 Å². The third-order valence-electron chi connectivity index (χ3n) is 2.93. The molecule has 0 aromatic heterocycles. The molecule has 0 spiro atoms. The Morgan fingerprint density at radius 1 is 0.947 bits per heavy atom. The first-order valence-electron chi connectivity index (χ1n) is 5.89. The summed E-state index contributed by atoms with van der Waals surface area (Å²) in [5.41, 5.74) is 4.36. The molecule has 1 unspecified atom stereocenters. The summed E-state index contributed by atoms with van der Waals surface area (Å²) in [6, 6.07) is 0. The monoisotopic (exact) mass is 282 g/mol. The van der Waals surface area contributed by atoms with Gasteiger partial charge in [-0.05, 0) is 18.9 Å². The lowest BCUT2D eigenvalue weighted by Gasteiger charge is -2.16. The molecule has 1 atom stereocenters. The molecule has 1 rings (SSSR count). The first-order valence-corrected chi connectivity index (χ1v) is 5.89. The fraction of sp³-hybridized carbons (Fsp3) is 0.500. The number of hydrogen-bond acceptors (Lipinski definition) is 2. The summed E-state index contributed by atoms with van der Waals surface area (Å²) in [5.74, 6) is -9.76. The largest absolute Gasteiger partial charge is 0.380 e. The summed E-state index contributed by atoms with van der Waals surface area (Å²) < 4.78 is 65.4. The van der Waals surface area contributed by atoms with Crippen molar-refractivity contribution >= 4 is 5.69 Å². The Bertz CT molecular complexity index is 421. The number of hydrogen-bond donors (Lipinski definition) is 2. The molecule has 108 valence electrons. The molecule has 0 heterocycles. The van der Waals surface area contributed by atoms with Crippen LogP contribution in [0.1, 0.15) is 19.8 Å². The Morgan fingerprint density at radius 3 is 1.84 bits per heavy atom. The van der Waals surface area contributed by atoms with E-state index in [1.165, 1.54) is 0 Å². The zero-order valence-electron chi connectivity index (χ0n) is 10.4.